The number of aliphatic hydroxyl groups excluding tert-OH is 1. The quantitative estimate of drug-likeness (QED) is 0.685. The average molecular weight is 322 g/mol. The van der Waals surface area contributed by atoms with Crippen molar-refractivity contribution in [3.8, 4) is 5.75 Å². The molecule has 0 saturated carbocycles. The van der Waals surface area contributed by atoms with Crippen LogP contribution in [0.4, 0.5) is 0 Å². The molecule has 3 aromatic rings. The van der Waals surface area contributed by atoms with Gasteiger partial charge in [-0.15, -0.1) is 0 Å². The Balaban J connectivity index is 1.99. The standard InChI is InChI=1S/C19H18N2O3/c1-20-11-16(22)14-7-9-17(19-15(14)8-10-18(23)21-19)24-12-13-5-3-2-4-6-13/h2-10,16,22H,1,11-12H2,(H,21,23)/t16-/m0/s1. The van der Waals surface area contributed by atoms with Gasteiger partial charge in [0.05, 0.1) is 18.2 Å². The number of aliphatic hydroxyl groups is 1. The first-order chi connectivity index (χ1) is 11.7. The Kier molecular flexibility index (Phi) is 4.72. The largest absolute Gasteiger partial charge is 0.487 e. The predicted molar refractivity (Wildman–Crippen MR) is 94.7 cm³/mol. The molecular formula is C19H18N2O3. The first kappa shape index (κ1) is 16.0. The summed E-state index contributed by atoms with van der Waals surface area (Å²) in [5.74, 6) is 0.564. The van der Waals surface area contributed by atoms with E-state index in [9.17, 15) is 9.90 Å². The van der Waals surface area contributed by atoms with Crippen molar-refractivity contribution in [2.24, 2.45) is 4.99 Å². The molecule has 0 spiro atoms. The van der Waals surface area contributed by atoms with Crippen molar-refractivity contribution in [3.05, 3.63) is 76.1 Å². The maximum Gasteiger partial charge on any atom is 0.248 e. The van der Waals surface area contributed by atoms with E-state index >= 15 is 0 Å². The molecular weight excluding hydrogens is 304 g/mol. The second kappa shape index (κ2) is 7.10. The summed E-state index contributed by atoms with van der Waals surface area (Å²) in [7, 11) is 0. The molecule has 0 amide bonds. The van der Waals surface area contributed by atoms with Gasteiger partial charge in [0.1, 0.15) is 12.4 Å². The molecule has 24 heavy (non-hydrogen) atoms. The van der Waals surface area contributed by atoms with Gasteiger partial charge in [-0.1, -0.05) is 36.4 Å². The number of aromatic amines is 1. The number of hydrogen-bond donors (Lipinski definition) is 2. The lowest BCUT2D eigenvalue weighted by atomic mass is 10.0. The summed E-state index contributed by atoms with van der Waals surface area (Å²) in [6.07, 6.45) is -0.779. The summed E-state index contributed by atoms with van der Waals surface area (Å²) in [5.41, 5.74) is 2.06. The van der Waals surface area contributed by atoms with Crippen LogP contribution in [0.1, 0.15) is 17.2 Å². The number of aliphatic imine (C=N–C) groups is 1. The summed E-state index contributed by atoms with van der Waals surface area (Å²) in [6.45, 7) is 3.99. The molecule has 1 aromatic heterocycles. The molecule has 0 aliphatic rings. The lowest BCUT2D eigenvalue weighted by Gasteiger charge is -2.15. The molecule has 0 bridgehead atoms. The van der Waals surface area contributed by atoms with Crippen LogP contribution >= 0.6 is 0 Å². The van der Waals surface area contributed by atoms with E-state index in [0.29, 0.717) is 23.4 Å². The van der Waals surface area contributed by atoms with Crippen LogP contribution in [-0.4, -0.2) is 23.4 Å². The molecule has 2 aromatic carbocycles. The zero-order valence-corrected chi connectivity index (χ0v) is 13.1. The Labute approximate surface area is 139 Å². The second-order valence-corrected chi connectivity index (χ2v) is 5.46. The summed E-state index contributed by atoms with van der Waals surface area (Å²) >= 11 is 0. The number of hydrogen-bond acceptors (Lipinski definition) is 4. The highest BCUT2D eigenvalue weighted by molar-refractivity contribution is 5.87. The van der Waals surface area contributed by atoms with Crippen LogP contribution in [0.15, 0.2) is 64.4 Å². The molecule has 122 valence electrons. The van der Waals surface area contributed by atoms with E-state index < -0.39 is 6.10 Å². The van der Waals surface area contributed by atoms with Crippen LogP contribution in [-0.2, 0) is 6.61 Å². The number of H-pyrrole nitrogens is 1. The van der Waals surface area contributed by atoms with Gasteiger partial charge < -0.3 is 14.8 Å². The van der Waals surface area contributed by atoms with E-state index in [0.717, 1.165) is 10.9 Å². The van der Waals surface area contributed by atoms with Crippen LogP contribution in [0.3, 0.4) is 0 Å². The molecule has 2 N–H and O–H groups in total. The van der Waals surface area contributed by atoms with E-state index in [2.05, 4.69) is 16.7 Å². The van der Waals surface area contributed by atoms with Crippen molar-refractivity contribution in [1.82, 2.24) is 4.98 Å². The Morgan fingerprint density at radius 1 is 1.12 bits per heavy atom. The fourth-order valence-electron chi connectivity index (χ4n) is 2.61. The first-order valence-corrected chi connectivity index (χ1v) is 7.62. The third kappa shape index (κ3) is 3.36. The van der Waals surface area contributed by atoms with E-state index in [4.69, 9.17) is 4.74 Å². The van der Waals surface area contributed by atoms with Crippen molar-refractivity contribution in [1.29, 1.82) is 0 Å². The summed E-state index contributed by atoms with van der Waals surface area (Å²) in [4.78, 5) is 18.2. The summed E-state index contributed by atoms with van der Waals surface area (Å²) in [5, 5.41) is 11.0. The molecule has 0 saturated heterocycles. The van der Waals surface area contributed by atoms with Gasteiger partial charge in [0.25, 0.3) is 0 Å². The van der Waals surface area contributed by atoms with Crippen molar-refractivity contribution >= 4 is 17.6 Å². The number of rotatable bonds is 6. The third-order valence-electron chi connectivity index (χ3n) is 3.79. The third-order valence-corrected chi connectivity index (χ3v) is 3.79. The van der Waals surface area contributed by atoms with Gasteiger partial charge in [0.15, 0.2) is 0 Å². The smallest absolute Gasteiger partial charge is 0.248 e. The van der Waals surface area contributed by atoms with Gasteiger partial charge in [-0.3, -0.25) is 9.79 Å². The van der Waals surface area contributed by atoms with E-state index in [1.165, 1.54) is 6.07 Å². The van der Waals surface area contributed by atoms with Gasteiger partial charge >= 0.3 is 0 Å². The lowest BCUT2D eigenvalue weighted by molar-refractivity contribution is 0.189. The Morgan fingerprint density at radius 2 is 1.92 bits per heavy atom. The number of nitrogens with one attached hydrogen (secondary N) is 1. The van der Waals surface area contributed by atoms with Crippen LogP contribution < -0.4 is 10.3 Å². The van der Waals surface area contributed by atoms with E-state index in [-0.39, 0.29) is 12.1 Å². The molecule has 0 aliphatic heterocycles. The van der Waals surface area contributed by atoms with E-state index in [1.54, 1.807) is 18.2 Å². The molecule has 5 nitrogen and oxygen atoms in total. The van der Waals surface area contributed by atoms with Crippen molar-refractivity contribution < 1.29 is 9.84 Å². The van der Waals surface area contributed by atoms with Gasteiger partial charge in [-0.05, 0) is 30.0 Å². The molecule has 0 unspecified atom stereocenters. The van der Waals surface area contributed by atoms with Crippen LogP contribution in [0, 0.1) is 0 Å². The molecule has 3 rings (SSSR count). The SMILES string of the molecule is C=NC[C@H](O)c1ccc(OCc2ccccc2)c2[nH]c(=O)ccc12. The monoisotopic (exact) mass is 322 g/mol. The number of ether oxygens (including phenoxy) is 1. The zero-order valence-electron chi connectivity index (χ0n) is 13.1. The Hall–Kier alpha value is -2.92. The maximum absolute atomic E-state index is 11.7. The van der Waals surface area contributed by atoms with Crippen LogP contribution in [0.25, 0.3) is 10.9 Å². The topological polar surface area (TPSA) is 74.7 Å². The maximum atomic E-state index is 11.7. The Morgan fingerprint density at radius 3 is 2.67 bits per heavy atom. The predicted octanol–water partition coefficient (Wildman–Crippen LogP) is 2.84. The van der Waals surface area contributed by atoms with Gasteiger partial charge in [0.2, 0.25) is 5.56 Å². The number of aromatic nitrogens is 1. The summed E-state index contributed by atoms with van der Waals surface area (Å²) < 4.78 is 5.87. The highest BCUT2D eigenvalue weighted by atomic mass is 16.5. The fraction of sp³-hybridized carbons (Fsp3) is 0.158. The highest BCUT2D eigenvalue weighted by Crippen LogP contribution is 2.30. The minimum absolute atomic E-state index is 0.193. The minimum Gasteiger partial charge on any atom is -0.487 e. The van der Waals surface area contributed by atoms with Gasteiger partial charge in [-0.25, -0.2) is 0 Å². The molecule has 5 heteroatoms. The first-order valence-electron chi connectivity index (χ1n) is 7.62. The molecule has 0 fully saturated rings. The number of benzene rings is 2. The molecule has 1 heterocycles. The number of nitrogens with zero attached hydrogens (tertiary/aromatic N) is 1. The Bertz CT molecular complexity index is 903. The van der Waals surface area contributed by atoms with Crippen molar-refractivity contribution in [3.63, 3.8) is 0 Å². The molecule has 0 aliphatic carbocycles. The zero-order chi connectivity index (χ0) is 16.9. The fourth-order valence-corrected chi connectivity index (χ4v) is 2.61. The number of pyridine rings is 1. The minimum atomic E-state index is -0.779. The van der Waals surface area contributed by atoms with E-state index in [1.807, 2.05) is 30.3 Å². The molecule has 0 radical (unpaired) electrons. The summed E-state index contributed by atoms with van der Waals surface area (Å²) in [6, 6.07) is 16.4. The van der Waals surface area contributed by atoms with Crippen molar-refractivity contribution in [2.75, 3.05) is 6.54 Å². The normalized spacial score (nSPS) is 12.0. The second-order valence-electron chi connectivity index (χ2n) is 5.46. The number of fused-ring (bicyclic) bond motifs is 1. The highest BCUT2D eigenvalue weighted by Gasteiger charge is 2.14. The van der Waals surface area contributed by atoms with Crippen LogP contribution in [0.5, 0.6) is 5.75 Å². The van der Waals surface area contributed by atoms with Gasteiger partial charge in [0, 0.05) is 11.5 Å². The van der Waals surface area contributed by atoms with Gasteiger partial charge in [-0.2, -0.15) is 0 Å². The average Bonchev–Trinajstić information content (AvgIpc) is 2.60. The van der Waals surface area contributed by atoms with Crippen LogP contribution in [0.2, 0.25) is 0 Å². The van der Waals surface area contributed by atoms with Crippen molar-refractivity contribution in [2.45, 2.75) is 12.7 Å². The molecule has 1 atom stereocenters. The lowest BCUT2D eigenvalue weighted by Crippen LogP contribution is -2.08.